The van der Waals surface area contributed by atoms with Gasteiger partial charge in [0, 0.05) is 60.7 Å². The van der Waals surface area contributed by atoms with Crippen LogP contribution in [-0.2, 0) is 20.7 Å². The number of aliphatic imine (C=N–C) groups is 1. The summed E-state index contributed by atoms with van der Waals surface area (Å²) in [4.78, 5) is 38.6. The Morgan fingerprint density at radius 1 is 0.807 bits per heavy atom. The van der Waals surface area contributed by atoms with E-state index in [4.69, 9.17) is 10.5 Å². The maximum atomic E-state index is 13.8. The van der Waals surface area contributed by atoms with Crippen molar-refractivity contribution < 1.29 is 23.1 Å². The number of anilines is 4. The van der Waals surface area contributed by atoms with E-state index >= 15 is 0 Å². The van der Waals surface area contributed by atoms with Gasteiger partial charge in [0.15, 0.2) is 11.6 Å². The molecule has 1 saturated heterocycles. The minimum Gasteiger partial charge on any atom is -0.396 e. The normalized spacial score (nSPS) is 15.3. The van der Waals surface area contributed by atoms with Gasteiger partial charge in [0.1, 0.15) is 17.3 Å². The first-order chi connectivity index (χ1) is 27.6. The number of amides is 1. The van der Waals surface area contributed by atoms with Crippen LogP contribution in [0.1, 0.15) is 82.6 Å². The fourth-order valence-electron chi connectivity index (χ4n) is 6.94. The van der Waals surface area contributed by atoms with Crippen LogP contribution in [0.4, 0.5) is 37.5 Å². The van der Waals surface area contributed by atoms with Gasteiger partial charge in [-0.1, -0.05) is 68.9 Å². The van der Waals surface area contributed by atoms with Gasteiger partial charge in [-0.05, 0) is 106 Å². The Labute approximate surface area is 352 Å². The monoisotopic (exact) mass is 911 g/mol. The number of nitrogens with zero attached hydrogens (tertiary/aromatic N) is 5. The molecule has 0 atom stereocenters. The number of carbonyl (C=O) groups excluding carboxylic acids is 2. The molecule has 3 heterocycles. The lowest BCUT2D eigenvalue weighted by Crippen LogP contribution is -2.34. The molecule has 2 aromatic carbocycles. The highest BCUT2D eigenvalue weighted by Crippen LogP contribution is 2.32. The summed E-state index contributed by atoms with van der Waals surface area (Å²) in [5, 5.41) is 2.91. The number of hydrogen-bond acceptors (Lipinski definition) is 9. The Morgan fingerprint density at radius 3 is 1.86 bits per heavy atom. The summed E-state index contributed by atoms with van der Waals surface area (Å²) in [5.74, 6) is 0.533. The summed E-state index contributed by atoms with van der Waals surface area (Å²) < 4.78 is 33.0. The van der Waals surface area contributed by atoms with Crippen LogP contribution in [0.3, 0.4) is 0 Å². The van der Waals surface area contributed by atoms with Crippen molar-refractivity contribution in [2.45, 2.75) is 95.6 Å². The minimum atomic E-state index is -0.508. The Bertz CT molecular complexity index is 1890. The first-order valence-corrected chi connectivity index (χ1v) is 21.1. The largest absolute Gasteiger partial charge is 0.396 e. The van der Waals surface area contributed by atoms with Gasteiger partial charge in [0.25, 0.3) is 0 Å². The number of isocyanates is 1. The quantitative estimate of drug-likeness (QED) is 0.132. The number of ether oxygens (including phenoxy) is 1. The number of halogens is 4. The van der Waals surface area contributed by atoms with E-state index in [1.165, 1.54) is 94.6 Å². The average Bonchev–Trinajstić information content (AvgIpc) is 3.82. The molecule has 3 fully saturated rings. The van der Waals surface area contributed by atoms with Gasteiger partial charge in [-0.25, -0.2) is 23.5 Å². The number of carbonyl (C=O) groups is 1. The Morgan fingerprint density at radius 2 is 1.33 bits per heavy atom. The average molecular weight is 914 g/mol. The van der Waals surface area contributed by atoms with Gasteiger partial charge in [-0.2, -0.15) is 4.99 Å². The first-order valence-electron chi connectivity index (χ1n) is 19.5. The standard InChI is InChI=1S/C20H23BrFN3O.C12H18BrN3.C7H4FNO.C4H8O/c1-25(16-8-3-2-4-9-16)20-18(12-15(21)13-23-20)24-19(26)11-14-7-5-6-10-17(14)22;1-16(10-5-3-2-4-6-10)12-11(14)7-9(13)8-15-12;8-6-3-1-2-4-7(6)9-5-10;1-2-4-5-3-1/h5-7,10,12-13,16H,2-4,8-9,11H2,1H3,(H,24,26);7-8,10H,2-6,14H2,1H3;1-4H;1-4H2. The highest BCUT2D eigenvalue weighted by molar-refractivity contribution is 9.10. The summed E-state index contributed by atoms with van der Waals surface area (Å²) in [5.41, 5.74) is 7.80. The number of hydrogen-bond donors (Lipinski definition) is 2. The highest BCUT2D eigenvalue weighted by Gasteiger charge is 2.23. The van der Waals surface area contributed by atoms with Crippen LogP contribution in [0.25, 0.3) is 0 Å². The fourth-order valence-corrected chi connectivity index (χ4v) is 7.62. The molecular weight excluding hydrogens is 860 g/mol. The molecule has 1 amide bonds. The number of pyridine rings is 2. The van der Waals surface area contributed by atoms with Crippen molar-refractivity contribution in [1.29, 1.82) is 0 Å². The zero-order chi connectivity index (χ0) is 41.0. The maximum absolute atomic E-state index is 13.8. The zero-order valence-corrected chi connectivity index (χ0v) is 35.9. The second-order valence-corrected chi connectivity index (χ2v) is 16.0. The van der Waals surface area contributed by atoms with E-state index in [0.29, 0.717) is 23.3 Å². The van der Waals surface area contributed by atoms with E-state index in [2.05, 4.69) is 69.0 Å². The van der Waals surface area contributed by atoms with Crippen LogP contribution >= 0.6 is 31.9 Å². The van der Waals surface area contributed by atoms with Gasteiger partial charge in [-0.15, -0.1) is 0 Å². The Hall–Kier alpha value is -4.23. The van der Waals surface area contributed by atoms with E-state index < -0.39 is 5.82 Å². The van der Waals surface area contributed by atoms with E-state index in [0.717, 1.165) is 52.3 Å². The summed E-state index contributed by atoms with van der Waals surface area (Å²) in [7, 11) is 4.13. The lowest BCUT2D eigenvalue weighted by Gasteiger charge is -2.33. The van der Waals surface area contributed by atoms with E-state index in [-0.39, 0.29) is 23.8 Å². The zero-order valence-electron chi connectivity index (χ0n) is 32.7. The third-order valence-corrected chi connectivity index (χ3v) is 10.9. The topological polar surface area (TPSA) is 126 Å². The lowest BCUT2D eigenvalue weighted by atomic mass is 9.94. The van der Waals surface area contributed by atoms with Gasteiger partial charge < -0.3 is 25.6 Å². The molecule has 3 N–H and O–H groups in total. The number of nitrogens with two attached hydrogens (primary N) is 1. The molecule has 2 saturated carbocycles. The van der Waals surface area contributed by atoms with Crippen molar-refractivity contribution in [2.24, 2.45) is 4.99 Å². The molecule has 1 aliphatic heterocycles. The smallest absolute Gasteiger partial charge is 0.240 e. The molecule has 306 valence electrons. The fraction of sp³-hybridized carbons (Fsp3) is 0.442. The summed E-state index contributed by atoms with van der Waals surface area (Å²) in [6.07, 6.45) is 19.9. The Balaban J connectivity index is 0.000000195. The SMILES string of the molecule is C1CCOC1.CN(c1ncc(Br)cc1N)C1CCCCC1.CN(c1ncc(Br)cc1NC(=O)Cc1ccccc1F)C1CCCCC1.O=C=Nc1ccccc1F. The van der Waals surface area contributed by atoms with Crippen LogP contribution in [-0.4, -0.2) is 61.3 Å². The molecule has 0 bridgehead atoms. The van der Waals surface area contributed by atoms with Crippen molar-refractivity contribution in [3.05, 3.63) is 99.2 Å². The van der Waals surface area contributed by atoms with Crippen molar-refractivity contribution in [2.75, 3.05) is 48.2 Å². The minimum absolute atomic E-state index is 0.00817. The van der Waals surface area contributed by atoms with Gasteiger partial charge in [-0.3, -0.25) is 4.79 Å². The molecule has 7 rings (SSSR count). The van der Waals surface area contributed by atoms with Crippen molar-refractivity contribution >= 4 is 72.5 Å². The number of aromatic nitrogens is 2. The number of nitrogens with one attached hydrogen (secondary N) is 1. The molecule has 4 aromatic rings. The summed E-state index contributed by atoms with van der Waals surface area (Å²) in [6, 6.07) is 16.9. The van der Waals surface area contributed by atoms with Crippen LogP contribution in [0.5, 0.6) is 0 Å². The molecule has 2 aliphatic carbocycles. The van der Waals surface area contributed by atoms with Crippen molar-refractivity contribution in [3.8, 4) is 0 Å². The number of benzene rings is 2. The molecule has 14 heteroatoms. The second kappa shape index (κ2) is 24.5. The summed E-state index contributed by atoms with van der Waals surface area (Å²) in [6.45, 7) is 2.00. The van der Waals surface area contributed by atoms with E-state index in [9.17, 15) is 18.4 Å². The van der Waals surface area contributed by atoms with Crippen LogP contribution < -0.4 is 20.9 Å². The molecule has 10 nitrogen and oxygen atoms in total. The first kappa shape index (κ1) is 45.5. The van der Waals surface area contributed by atoms with Crippen LogP contribution in [0.15, 0.2) is 87.0 Å². The molecule has 0 unspecified atom stereocenters. The predicted molar refractivity (Wildman–Crippen MR) is 232 cm³/mol. The molecule has 3 aliphatic rings. The number of rotatable bonds is 8. The second-order valence-electron chi connectivity index (χ2n) is 14.2. The van der Waals surface area contributed by atoms with Gasteiger partial charge in [0.2, 0.25) is 12.0 Å². The highest BCUT2D eigenvalue weighted by atomic mass is 79.9. The lowest BCUT2D eigenvalue weighted by molar-refractivity contribution is -0.115. The van der Waals surface area contributed by atoms with Crippen LogP contribution in [0.2, 0.25) is 0 Å². The molecule has 2 aromatic heterocycles. The third-order valence-electron chi connectivity index (χ3n) is 10.0. The van der Waals surface area contributed by atoms with E-state index in [1.807, 2.05) is 25.4 Å². The van der Waals surface area contributed by atoms with Gasteiger partial charge >= 0.3 is 0 Å². The number of para-hydroxylation sites is 1. The van der Waals surface area contributed by atoms with Crippen molar-refractivity contribution in [3.63, 3.8) is 0 Å². The molecular formula is C43H53Br2F2N7O3. The van der Waals surface area contributed by atoms with Gasteiger partial charge in [0.05, 0.1) is 17.8 Å². The van der Waals surface area contributed by atoms with Crippen LogP contribution in [0, 0.1) is 11.6 Å². The van der Waals surface area contributed by atoms with Crippen molar-refractivity contribution in [1.82, 2.24) is 9.97 Å². The third kappa shape index (κ3) is 15.2. The molecule has 0 radical (unpaired) electrons. The number of nitrogen functional groups attached to an aromatic ring is 1. The summed E-state index contributed by atoms with van der Waals surface area (Å²) >= 11 is 6.80. The van der Waals surface area contributed by atoms with E-state index in [1.54, 1.807) is 30.5 Å². The molecule has 0 spiro atoms. The maximum Gasteiger partial charge on any atom is 0.240 e. The molecule has 57 heavy (non-hydrogen) atoms. The predicted octanol–water partition coefficient (Wildman–Crippen LogP) is 10.7. The Kier molecular flexibility index (Phi) is 19.6.